The van der Waals surface area contributed by atoms with Crippen LogP contribution in [0.15, 0.2) is 11.0 Å². The first kappa shape index (κ1) is 16.7. The molecule has 1 aromatic carbocycles. The van der Waals surface area contributed by atoms with Crippen LogP contribution >= 0.6 is 23.2 Å². The van der Waals surface area contributed by atoms with Crippen molar-refractivity contribution in [1.29, 1.82) is 0 Å². The minimum atomic E-state index is -3.80. The molecule has 4 nitrogen and oxygen atoms in total. The Morgan fingerprint density at radius 1 is 1.37 bits per heavy atom. The van der Waals surface area contributed by atoms with Crippen molar-refractivity contribution in [2.45, 2.75) is 31.7 Å². The minimum Gasteiger partial charge on any atom is -0.395 e. The van der Waals surface area contributed by atoms with Crippen LogP contribution < -0.4 is 0 Å². The van der Waals surface area contributed by atoms with Gasteiger partial charge in [0, 0.05) is 18.1 Å². The van der Waals surface area contributed by atoms with Crippen LogP contribution in [0.25, 0.3) is 0 Å². The molecule has 1 atom stereocenters. The van der Waals surface area contributed by atoms with Crippen LogP contribution in [0, 0.1) is 13.8 Å². The van der Waals surface area contributed by atoms with Crippen LogP contribution in [0.3, 0.4) is 0 Å². The van der Waals surface area contributed by atoms with E-state index in [1.165, 1.54) is 7.05 Å². The van der Waals surface area contributed by atoms with Gasteiger partial charge >= 0.3 is 0 Å². The number of nitrogens with zero attached hydrogens (tertiary/aromatic N) is 1. The van der Waals surface area contributed by atoms with E-state index in [9.17, 15) is 8.42 Å². The van der Waals surface area contributed by atoms with Crippen molar-refractivity contribution in [1.82, 2.24) is 4.31 Å². The van der Waals surface area contributed by atoms with Gasteiger partial charge in [-0.1, -0.05) is 23.2 Å². The lowest BCUT2D eigenvalue weighted by molar-refractivity contribution is 0.214. The van der Waals surface area contributed by atoms with Gasteiger partial charge in [-0.3, -0.25) is 0 Å². The maximum Gasteiger partial charge on any atom is 0.244 e. The molecule has 0 aromatic heterocycles. The number of likely N-dealkylation sites (N-methyl/N-ethyl adjacent to an activating group) is 1. The minimum absolute atomic E-state index is 0.00182. The summed E-state index contributed by atoms with van der Waals surface area (Å²) in [5.41, 5.74) is 1.01. The first-order valence-corrected chi connectivity index (χ1v) is 7.88. The van der Waals surface area contributed by atoms with Crippen LogP contribution in [0.4, 0.5) is 0 Å². The third kappa shape index (κ3) is 3.06. The topological polar surface area (TPSA) is 57.6 Å². The van der Waals surface area contributed by atoms with Crippen LogP contribution in [0.2, 0.25) is 10.0 Å². The van der Waals surface area contributed by atoms with Crippen molar-refractivity contribution in [3.8, 4) is 0 Å². The monoisotopic (exact) mass is 325 g/mol. The van der Waals surface area contributed by atoms with Gasteiger partial charge in [0.1, 0.15) is 4.90 Å². The van der Waals surface area contributed by atoms with Gasteiger partial charge < -0.3 is 5.11 Å². The second-order valence-electron chi connectivity index (χ2n) is 4.50. The smallest absolute Gasteiger partial charge is 0.244 e. The van der Waals surface area contributed by atoms with E-state index < -0.39 is 16.1 Å². The largest absolute Gasteiger partial charge is 0.395 e. The molecule has 19 heavy (non-hydrogen) atoms. The molecule has 0 spiro atoms. The first-order valence-electron chi connectivity index (χ1n) is 5.68. The van der Waals surface area contributed by atoms with Gasteiger partial charge in [0.25, 0.3) is 0 Å². The summed E-state index contributed by atoms with van der Waals surface area (Å²) in [7, 11) is -2.39. The molecular formula is C12H17Cl2NO3S. The lowest BCUT2D eigenvalue weighted by Gasteiger charge is -2.24. The van der Waals surface area contributed by atoms with Crippen LogP contribution in [0.5, 0.6) is 0 Å². The molecule has 0 fully saturated rings. The quantitative estimate of drug-likeness (QED) is 0.925. The third-order valence-electron chi connectivity index (χ3n) is 3.11. The number of benzene rings is 1. The van der Waals surface area contributed by atoms with Crippen LogP contribution in [-0.4, -0.2) is 37.5 Å². The van der Waals surface area contributed by atoms with E-state index >= 15 is 0 Å². The highest BCUT2D eigenvalue weighted by molar-refractivity contribution is 7.89. The Morgan fingerprint density at radius 3 is 2.37 bits per heavy atom. The molecule has 0 saturated heterocycles. The van der Waals surface area contributed by atoms with E-state index in [4.69, 9.17) is 28.3 Å². The average Bonchev–Trinajstić information content (AvgIpc) is 2.34. The van der Waals surface area contributed by atoms with Gasteiger partial charge in [0.05, 0.1) is 11.6 Å². The predicted octanol–water partition coefficient (Wildman–Crippen LogP) is 2.61. The normalized spacial score (nSPS) is 13.9. The van der Waals surface area contributed by atoms with E-state index in [0.717, 1.165) is 4.31 Å². The molecule has 0 aliphatic carbocycles. The summed E-state index contributed by atoms with van der Waals surface area (Å²) in [6.07, 6.45) is 0. The highest BCUT2D eigenvalue weighted by Crippen LogP contribution is 2.35. The number of hydrogen-bond donors (Lipinski definition) is 1. The number of hydrogen-bond acceptors (Lipinski definition) is 3. The summed E-state index contributed by atoms with van der Waals surface area (Å²) < 4.78 is 26.2. The zero-order valence-corrected chi connectivity index (χ0v) is 13.6. The number of aliphatic hydroxyl groups excluding tert-OH is 1. The Kier molecular flexibility index (Phi) is 5.26. The fraction of sp³-hybridized carbons (Fsp3) is 0.500. The Morgan fingerprint density at radius 2 is 1.89 bits per heavy atom. The molecule has 1 rings (SSSR count). The predicted molar refractivity (Wildman–Crippen MR) is 77.4 cm³/mol. The third-order valence-corrected chi connectivity index (χ3v) is 6.25. The van der Waals surface area contributed by atoms with Crippen molar-refractivity contribution in [3.63, 3.8) is 0 Å². The van der Waals surface area contributed by atoms with E-state index in [2.05, 4.69) is 0 Å². The Hall–Kier alpha value is -0.330. The van der Waals surface area contributed by atoms with E-state index in [1.807, 2.05) is 0 Å². The Labute approximate surface area is 124 Å². The summed E-state index contributed by atoms with van der Waals surface area (Å²) in [5, 5.41) is 9.62. The Bertz CT molecular complexity index is 561. The van der Waals surface area contributed by atoms with E-state index in [1.54, 1.807) is 26.8 Å². The van der Waals surface area contributed by atoms with Crippen molar-refractivity contribution in [2.75, 3.05) is 13.7 Å². The highest BCUT2D eigenvalue weighted by atomic mass is 35.5. The number of rotatable bonds is 4. The molecule has 0 aliphatic heterocycles. The van der Waals surface area contributed by atoms with Crippen molar-refractivity contribution >= 4 is 33.2 Å². The molecule has 0 saturated carbocycles. The molecule has 0 bridgehead atoms. The summed E-state index contributed by atoms with van der Waals surface area (Å²) in [5.74, 6) is 0. The molecule has 7 heteroatoms. The molecule has 0 aliphatic rings. The van der Waals surface area contributed by atoms with Gasteiger partial charge in [0.2, 0.25) is 10.0 Å². The van der Waals surface area contributed by atoms with Crippen molar-refractivity contribution in [2.24, 2.45) is 0 Å². The summed E-state index contributed by atoms with van der Waals surface area (Å²) in [6, 6.07) is 1.09. The summed E-state index contributed by atoms with van der Waals surface area (Å²) in [6.45, 7) is 4.64. The maximum absolute atomic E-state index is 12.6. The van der Waals surface area contributed by atoms with E-state index in [-0.39, 0.29) is 16.5 Å². The molecule has 1 N–H and O–H groups in total. The standard InChI is InChI=1S/C12H17Cl2NO3S/c1-7-5-10(13)9(3)12(11(7)14)19(17,18)15(4)8(2)6-16/h5,8,16H,6H2,1-4H3. The van der Waals surface area contributed by atoms with Gasteiger partial charge in [0.15, 0.2) is 0 Å². The average molecular weight is 326 g/mol. The SMILES string of the molecule is Cc1cc(Cl)c(C)c(S(=O)(=O)N(C)C(C)CO)c1Cl. The van der Waals surface area contributed by atoms with E-state index in [0.29, 0.717) is 16.1 Å². The molecule has 108 valence electrons. The molecule has 1 aromatic rings. The molecule has 0 radical (unpaired) electrons. The van der Waals surface area contributed by atoms with Crippen LogP contribution in [-0.2, 0) is 10.0 Å². The highest BCUT2D eigenvalue weighted by Gasteiger charge is 2.30. The fourth-order valence-electron chi connectivity index (χ4n) is 1.62. The van der Waals surface area contributed by atoms with Gasteiger partial charge in [-0.15, -0.1) is 0 Å². The number of aliphatic hydroxyl groups is 1. The number of aryl methyl sites for hydroxylation is 1. The maximum atomic E-state index is 12.6. The zero-order chi connectivity index (χ0) is 15.0. The lowest BCUT2D eigenvalue weighted by Crippen LogP contribution is -2.37. The number of sulfonamides is 1. The van der Waals surface area contributed by atoms with Crippen LogP contribution in [0.1, 0.15) is 18.1 Å². The summed E-state index contributed by atoms with van der Waals surface area (Å²) in [4.78, 5) is 0.00182. The summed E-state index contributed by atoms with van der Waals surface area (Å²) >= 11 is 12.1. The van der Waals surface area contributed by atoms with Gasteiger partial charge in [-0.2, -0.15) is 4.31 Å². The van der Waals surface area contributed by atoms with Crippen molar-refractivity contribution in [3.05, 3.63) is 27.2 Å². The fourth-order valence-corrected chi connectivity index (χ4v) is 4.13. The molecular weight excluding hydrogens is 309 g/mol. The number of halogens is 2. The van der Waals surface area contributed by atoms with Crippen molar-refractivity contribution < 1.29 is 13.5 Å². The molecule has 0 amide bonds. The van der Waals surface area contributed by atoms with Gasteiger partial charge in [-0.25, -0.2) is 8.42 Å². The van der Waals surface area contributed by atoms with Gasteiger partial charge in [-0.05, 0) is 38.0 Å². The zero-order valence-electron chi connectivity index (χ0n) is 11.2. The lowest BCUT2D eigenvalue weighted by atomic mass is 10.2. The second-order valence-corrected chi connectivity index (χ2v) is 7.22. The molecule has 0 heterocycles. The molecule has 1 unspecified atom stereocenters. The Balaban J connectivity index is 3.54. The first-order chi connectivity index (χ1) is 8.64. The second kappa shape index (κ2) is 5.97.